The van der Waals surface area contributed by atoms with Crippen LogP contribution in [0.3, 0.4) is 0 Å². The number of carbonyl (C=O) groups is 1. The summed E-state index contributed by atoms with van der Waals surface area (Å²) in [7, 11) is 0. The minimum atomic E-state index is -0.0326. The topological polar surface area (TPSA) is 48.0 Å². The van der Waals surface area contributed by atoms with Gasteiger partial charge in [-0.1, -0.05) is 18.2 Å². The van der Waals surface area contributed by atoms with Gasteiger partial charge in [-0.3, -0.25) is 4.79 Å². The molecule has 5 nitrogen and oxygen atoms in total. The van der Waals surface area contributed by atoms with E-state index in [-0.39, 0.29) is 19.3 Å². The van der Waals surface area contributed by atoms with Crippen LogP contribution >= 0.6 is 0 Å². The van der Waals surface area contributed by atoms with E-state index in [0.29, 0.717) is 17.2 Å². The fraction of sp³-hybridized carbons (Fsp3) is 0.278. The molecule has 0 aromatic heterocycles. The Hall–Kier alpha value is -2.69. The summed E-state index contributed by atoms with van der Waals surface area (Å²) in [6.45, 7) is 0.969. The SMILES string of the molecule is O=C(COc1ccc2c(c1)OCO2)N1CCCc2ccccc21. The highest BCUT2D eigenvalue weighted by atomic mass is 16.7. The maximum atomic E-state index is 12.5. The molecule has 0 fully saturated rings. The average molecular weight is 311 g/mol. The van der Waals surface area contributed by atoms with Crippen molar-refractivity contribution in [1.29, 1.82) is 0 Å². The molecule has 0 bridgehead atoms. The molecule has 0 N–H and O–H groups in total. The van der Waals surface area contributed by atoms with Gasteiger partial charge in [0, 0.05) is 18.3 Å². The minimum absolute atomic E-state index is 0.00791. The Morgan fingerprint density at radius 1 is 1.13 bits per heavy atom. The lowest BCUT2D eigenvalue weighted by molar-refractivity contribution is -0.120. The van der Waals surface area contributed by atoms with Crippen LogP contribution in [0.15, 0.2) is 42.5 Å². The van der Waals surface area contributed by atoms with E-state index in [9.17, 15) is 4.79 Å². The molecule has 2 heterocycles. The first-order chi connectivity index (χ1) is 11.3. The maximum absolute atomic E-state index is 12.5. The van der Waals surface area contributed by atoms with E-state index in [1.165, 1.54) is 5.56 Å². The summed E-state index contributed by atoms with van der Waals surface area (Å²) in [5.41, 5.74) is 2.22. The number of nitrogens with zero attached hydrogens (tertiary/aromatic N) is 1. The van der Waals surface area contributed by atoms with Gasteiger partial charge in [-0.05, 0) is 36.6 Å². The van der Waals surface area contributed by atoms with E-state index in [4.69, 9.17) is 14.2 Å². The van der Waals surface area contributed by atoms with Gasteiger partial charge in [-0.25, -0.2) is 0 Å². The van der Waals surface area contributed by atoms with Gasteiger partial charge in [0.2, 0.25) is 6.79 Å². The third-order valence-electron chi connectivity index (χ3n) is 4.12. The largest absolute Gasteiger partial charge is 0.484 e. The molecule has 2 aromatic carbocycles. The monoisotopic (exact) mass is 311 g/mol. The third kappa shape index (κ3) is 2.70. The molecule has 0 spiro atoms. The standard InChI is InChI=1S/C18H17NO4/c20-18(19-9-3-5-13-4-1-2-6-15(13)19)11-21-14-7-8-16-17(10-14)23-12-22-16/h1-2,4,6-8,10H,3,5,9,11-12H2. The van der Waals surface area contributed by atoms with E-state index in [1.54, 1.807) is 18.2 Å². The summed E-state index contributed by atoms with van der Waals surface area (Å²) in [6.07, 6.45) is 2.00. The normalized spacial score (nSPS) is 15.2. The van der Waals surface area contributed by atoms with Crippen LogP contribution in [0.25, 0.3) is 0 Å². The first kappa shape index (κ1) is 13.9. The number of anilines is 1. The summed E-state index contributed by atoms with van der Waals surface area (Å²) in [5.74, 6) is 1.93. The number of aryl methyl sites for hydroxylation is 1. The van der Waals surface area contributed by atoms with E-state index in [2.05, 4.69) is 6.07 Å². The summed E-state index contributed by atoms with van der Waals surface area (Å²) in [5, 5.41) is 0. The van der Waals surface area contributed by atoms with Gasteiger partial charge in [-0.2, -0.15) is 0 Å². The van der Waals surface area contributed by atoms with Crippen LogP contribution in [0.4, 0.5) is 5.69 Å². The van der Waals surface area contributed by atoms with E-state index < -0.39 is 0 Å². The Kier molecular flexibility index (Phi) is 3.54. The number of fused-ring (bicyclic) bond motifs is 2. The number of ether oxygens (including phenoxy) is 3. The van der Waals surface area contributed by atoms with Crippen molar-refractivity contribution in [2.24, 2.45) is 0 Å². The Morgan fingerprint density at radius 3 is 2.96 bits per heavy atom. The zero-order chi connectivity index (χ0) is 15.6. The number of benzene rings is 2. The molecule has 0 saturated carbocycles. The molecule has 0 radical (unpaired) electrons. The van der Waals surface area contributed by atoms with Crippen molar-refractivity contribution in [3.05, 3.63) is 48.0 Å². The van der Waals surface area contributed by atoms with Crippen molar-refractivity contribution >= 4 is 11.6 Å². The molecule has 2 aliphatic rings. The van der Waals surface area contributed by atoms with Crippen LogP contribution < -0.4 is 19.1 Å². The molecule has 1 amide bonds. The third-order valence-corrected chi connectivity index (χ3v) is 4.12. The van der Waals surface area contributed by atoms with Crippen LogP contribution in [-0.2, 0) is 11.2 Å². The highest BCUT2D eigenvalue weighted by Crippen LogP contribution is 2.35. The molecule has 118 valence electrons. The van der Waals surface area contributed by atoms with Crippen LogP contribution in [0, 0.1) is 0 Å². The summed E-state index contributed by atoms with van der Waals surface area (Å²) < 4.78 is 16.2. The summed E-state index contributed by atoms with van der Waals surface area (Å²) >= 11 is 0. The average Bonchev–Trinajstić information content (AvgIpc) is 3.07. The highest BCUT2D eigenvalue weighted by Gasteiger charge is 2.22. The van der Waals surface area contributed by atoms with Gasteiger partial charge in [0.15, 0.2) is 18.1 Å². The van der Waals surface area contributed by atoms with E-state index >= 15 is 0 Å². The molecule has 0 aliphatic carbocycles. The first-order valence-corrected chi connectivity index (χ1v) is 7.72. The predicted octanol–water partition coefficient (Wildman–Crippen LogP) is 2.77. The first-order valence-electron chi connectivity index (χ1n) is 7.72. The number of hydrogen-bond acceptors (Lipinski definition) is 4. The van der Waals surface area contributed by atoms with Crippen molar-refractivity contribution in [3.63, 3.8) is 0 Å². The molecule has 2 aromatic rings. The van der Waals surface area contributed by atoms with Crippen LogP contribution in [-0.4, -0.2) is 25.9 Å². The van der Waals surface area contributed by atoms with Crippen molar-refractivity contribution in [1.82, 2.24) is 0 Å². The molecule has 0 unspecified atom stereocenters. The predicted molar refractivity (Wildman–Crippen MR) is 85.2 cm³/mol. The summed E-state index contributed by atoms with van der Waals surface area (Å²) in [4.78, 5) is 14.3. The van der Waals surface area contributed by atoms with Gasteiger partial charge < -0.3 is 19.1 Å². The molecule has 23 heavy (non-hydrogen) atoms. The number of hydrogen-bond donors (Lipinski definition) is 0. The molecule has 5 heteroatoms. The van der Waals surface area contributed by atoms with Gasteiger partial charge >= 0.3 is 0 Å². The maximum Gasteiger partial charge on any atom is 0.264 e. The second-order valence-electron chi connectivity index (χ2n) is 5.58. The zero-order valence-corrected chi connectivity index (χ0v) is 12.7. The van der Waals surface area contributed by atoms with Gasteiger partial charge in [0.05, 0.1) is 0 Å². The van der Waals surface area contributed by atoms with E-state index in [1.807, 2.05) is 23.1 Å². The van der Waals surface area contributed by atoms with Gasteiger partial charge in [-0.15, -0.1) is 0 Å². The Morgan fingerprint density at radius 2 is 2.00 bits per heavy atom. The smallest absolute Gasteiger partial charge is 0.264 e. The van der Waals surface area contributed by atoms with E-state index in [0.717, 1.165) is 25.1 Å². The lowest BCUT2D eigenvalue weighted by Crippen LogP contribution is -2.38. The number of amides is 1. The molecule has 2 aliphatic heterocycles. The molecule has 0 saturated heterocycles. The fourth-order valence-corrected chi connectivity index (χ4v) is 2.98. The van der Waals surface area contributed by atoms with Crippen molar-refractivity contribution in [3.8, 4) is 17.2 Å². The van der Waals surface area contributed by atoms with Crippen LogP contribution in [0.1, 0.15) is 12.0 Å². The molecule has 0 atom stereocenters. The Bertz CT molecular complexity index is 744. The van der Waals surface area contributed by atoms with Crippen molar-refractivity contribution < 1.29 is 19.0 Å². The Balaban J connectivity index is 1.45. The molecule has 4 rings (SSSR count). The van der Waals surface area contributed by atoms with Crippen molar-refractivity contribution in [2.75, 3.05) is 24.8 Å². The molecular formula is C18H17NO4. The van der Waals surface area contributed by atoms with Gasteiger partial charge in [0.1, 0.15) is 5.75 Å². The lowest BCUT2D eigenvalue weighted by Gasteiger charge is -2.29. The fourth-order valence-electron chi connectivity index (χ4n) is 2.98. The number of para-hydroxylation sites is 1. The van der Waals surface area contributed by atoms with Crippen molar-refractivity contribution in [2.45, 2.75) is 12.8 Å². The Labute approximate surface area is 134 Å². The second-order valence-corrected chi connectivity index (χ2v) is 5.58. The quantitative estimate of drug-likeness (QED) is 0.874. The lowest BCUT2D eigenvalue weighted by atomic mass is 10.0. The van der Waals surface area contributed by atoms with Crippen LogP contribution in [0.5, 0.6) is 17.2 Å². The second kappa shape index (κ2) is 5.83. The minimum Gasteiger partial charge on any atom is -0.484 e. The number of rotatable bonds is 3. The number of carbonyl (C=O) groups excluding carboxylic acids is 1. The highest BCUT2D eigenvalue weighted by molar-refractivity contribution is 5.95. The molecular weight excluding hydrogens is 294 g/mol. The van der Waals surface area contributed by atoms with Gasteiger partial charge in [0.25, 0.3) is 5.91 Å². The summed E-state index contributed by atoms with van der Waals surface area (Å²) in [6, 6.07) is 13.4. The van der Waals surface area contributed by atoms with Crippen LogP contribution in [0.2, 0.25) is 0 Å². The zero-order valence-electron chi connectivity index (χ0n) is 12.7.